The van der Waals surface area contributed by atoms with Gasteiger partial charge in [0.15, 0.2) is 0 Å². The third-order valence-electron chi connectivity index (χ3n) is 2.69. The standard InChI is InChI=1S/C14H10ClF2NO2/c15-11-6-10(16)2-4-13(11)18-7-9-5-8(14(19)20)1-3-12(9)17/h1-6,18H,7H2,(H,19,20). The van der Waals surface area contributed by atoms with Crippen LogP contribution in [0.1, 0.15) is 15.9 Å². The molecule has 0 fully saturated rings. The summed E-state index contributed by atoms with van der Waals surface area (Å²) in [7, 11) is 0. The van der Waals surface area contributed by atoms with Gasteiger partial charge >= 0.3 is 5.97 Å². The van der Waals surface area contributed by atoms with Crippen molar-refractivity contribution in [3.63, 3.8) is 0 Å². The topological polar surface area (TPSA) is 49.3 Å². The number of carbonyl (C=O) groups is 1. The molecular weight excluding hydrogens is 288 g/mol. The molecule has 0 aliphatic rings. The van der Waals surface area contributed by atoms with Gasteiger partial charge in [0.2, 0.25) is 0 Å². The highest BCUT2D eigenvalue weighted by atomic mass is 35.5. The molecular formula is C14H10ClF2NO2. The number of hydrogen-bond acceptors (Lipinski definition) is 2. The van der Waals surface area contributed by atoms with E-state index in [9.17, 15) is 13.6 Å². The van der Waals surface area contributed by atoms with Crippen molar-refractivity contribution in [2.45, 2.75) is 6.54 Å². The second-order valence-electron chi connectivity index (χ2n) is 4.09. The van der Waals surface area contributed by atoms with Gasteiger partial charge in [-0.25, -0.2) is 13.6 Å². The van der Waals surface area contributed by atoms with Crippen molar-refractivity contribution >= 4 is 23.3 Å². The third kappa shape index (κ3) is 3.24. The smallest absolute Gasteiger partial charge is 0.335 e. The Bertz CT molecular complexity index is 662. The van der Waals surface area contributed by atoms with Crippen molar-refractivity contribution in [1.82, 2.24) is 0 Å². The van der Waals surface area contributed by atoms with Gasteiger partial charge in [-0.15, -0.1) is 0 Å². The maximum atomic E-state index is 13.6. The molecule has 104 valence electrons. The molecule has 0 amide bonds. The minimum atomic E-state index is -1.13. The van der Waals surface area contributed by atoms with E-state index in [1.165, 1.54) is 24.3 Å². The second kappa shape index (κ2) is 5.88. The first kappa shape index (κ1) is 14.3. The van der Waals surface area contributed by atoms with Crippen molar-refractivity contribution in [2.24, 2.45) is 0 Å². The van der Waals surface area contributed by atoms with Gasteiger partial charge in [0.1, 0.15) is 11.6 Å². The summed E-state index contributed by atoms with van der Waals surface area (Å²) in [6.07, 6.45) is 0. The van der Waals surface area contributed by atoms with Crippen LogP contribution in [0.25, 0.3) is 0 Å². The van der Waals surface area contributed by atoms with Crippen molar-refractivity contribution < 1.29 is 18.7 Å². The van der Waals surface area contributed by atoms with Gasteiger partial charge in [0, 0.05) is 12.1 Å². The molecule has 0 aliphatic heterocycles. The maximum absolute atomic E-state index is 13.6. The maximum Gasteiger partial charge on any atom is 0.335 e. The fourth-order valence-corrected chi connectivity index (χ4v) is 1.90. The molecule has 0 aliphatic carbocycles. The Labute approximate surface area is 118 Å². The Morgan fingerprint density at radius 3 is 2.60 bits per heavy atom. The Morgan fingerprint density at radius 2 is 1.95 bits per heavy atom. The second-order valence-corrected chi connectivity index (χ2v) is 4.50. The first-order valence-electron chi connectivity index (χ1n) is 5.68. The first-order valence-corrected chi connectivity index (χ1v) is 6.06. The summed E-state index contributed by atoms with van der Waals surface area (Å²) in [5, 5.41) is 11.9. The lowest BCUT2D eigenvalue weighted by molar-refractivity contribution is 0.0696. The third-order valence-corrected chi connectivity index (χ3v) is 3.01. The van der Waals surface area contributed by atoms with Crippen LogP contribution in [0.4, 0.5) is 14.5 Å². The monoisotopic (exact) mass is 297 g/mol. The molecule has 2 N–H and O–H groups in total. The zero-order valence-electron chi connectivity index (χ0n) is 10.2. The summed E-state index contributed by atoms with van der Waals surface area (Å²) < 4.78 is 26.5. The zero-order valence-corrected chi connectivity index (χ0v) is 10.9. The number of benzene rings is 2. The van der Waals surface area contributed by atoms with E-state index in [1.54, 1.807) is 0 Å². The van der Waals surface area contributed by atoms with Gasteiger partial charge in [-0.3, -0.25) is 0 Å². The van der Waals surface area contributed by atoms with Crippen molar-refractivity contribution in [1.29, 1.82) is 0 Å². The molecule has 0 saturated heterocycles. The molecule has 2 aromatic rings. The van der Waals surface area contributed by atoms with Crippen LogP contribution < -0.4 is 5.32 Å². The number of carboxylic acids is 1. The van der Waals surface area contributed by atoms with E-state index in [1.807, 2.05) is 0 Å². The molecule has 0 bridgehead atoms. The van der Waals surface area contributed by atoms with Crippen LogP contribution in [0.15, 0.2) is 36.4 Å². The van der Waals surface area contributed by atoms with E-state index in [0.29, 0.717) is 5.69 Å². The van der Waals surface area contributed by atoms with E-state index >= 15 is 0 Å². The van der Waals surface area contributed by atoms with E-state index in [4.69, 9.17) is 16.7 Å². The number of hydrogen-bond donors (Lipinski definition) is 2. The molecule has 3 nitrogen and oxygen atoms in total. The summed E-state index contributed by atoms with van der Waals surface area (Å²) in [6.45, 7) is 0.0400. The van der Waals surface area contributed by atoms with E-state index in [2.05, 4.69) is 5.32 Å². The Hall–Kier alpha value is -2.14. The van der Waals surface area contributed by atoms with Crippen LogP contribution in [0.2, 0.25) is 5.02 Å². The van der Waals surface area contributed by atoms with Crippen molar-refractivity contribution in [2.75, 3.05) is 5.32 Å². The summed E-state index contributed by atoms with van der Waals surface area (Å²) >= 11 is 5.83. The van der Waals surface area contributed by atoms with E-state index in [0.717, 1.165) is 12.1 Å². The number of rotatable bonds is 4. The zero-order chi connectivity index (χ0) is 14.7. The van der Waals surface area contributed by atoms with Gasteiger partial charge in [-0.05, 0) is 36.4 Å². The van der Waals surface area contributed by atoms with Gasteiger partial charge in [-0.2, -0.15) is 0 Å². The summed E-state index contributed by atoms with van der Waals surface area (Å²) in [4.78, 5) is 10.8. The Morgan fingerprint density at radius 1 is 1.20 bits per heavy atom. The van der Waals surface area contributed by atoms with Crippen molar-refractivity contribution in [3.8, 4) is 0 Å². The van der Waals surface area contributed by atoms with Crippen molar-refractivity contribution in [3.05, 3.63) is 64.2 Å². The number of carboxylic acid groups (broad SMARTS) is 1. The number of aromatic carboxylic acids is 1. The van der Waals surface area contributed by atoms with Gasteiger partial charge in [0.05, 0.1) is 16.3 Å². The average molecular weight is 298 g/mol. The van der Waals surface area contributed by atoms with Crippen LogP contribution in [0.3, 0.4) is 0 Å². The lowest BCUT2D eigenvalue weighted by atomic mass is 10.1. The summed E-state index contributed by atoms with van der Waals surface area (Å²) in [5.74, 6) is -2.13. The largest absolute Gasteiger partial charge is 0.478 e. The molecule has 0 aromatic heterocycles. The lowest BCUT2D eigenvalue weighted by Gasteiger charge is -2.10. The van der Waals surface area contributed by atoms with Crippen LogP contribution in [-0.4, -0.2) is 11.1 Å². The quantitative estimate of drug-likeness (QED) is 0.899. The average Bonchev–Trinajstić information content (AvgIpc) is 2.39. The van der Waals surface area contributed by atoms with Gasteiger partial charge in [0.25, 0.3) is 0 Å². The minimum Gasteiger partial charge on any atom is -0.478 e. The predicted octanol–water partition coefficient (Wildman–Crippen LogP) is 3.93. The highest BCUT2D eigenvalue weighted by molar-refractivity contribution is 6.33. The molecule has 0 unspecified atom stereocenters. The molecule has 20 heavy (non-hydrogen) atoms. The van der Waals surface area contributed by atoms with E-state index < -0.39 is 17.6 Å². The minimum absolute atomic E-state index is 0.00611. The van der Waals surface area contributed by atoms with Crippen LogP contribution >= 0.6 is 11.6 Å². The molecule has 0 radical (unpaired) electrons. The first-order chi connectivity index (χ1) is 9.47. The molecule has 2 rings (SSSR count). The molecule has 6 heteroatoms. The van der Waals surface area contributed by atoms with Crippen LogP contribution in [-0.2, 0) is 6.54 Å². The molecule has 2 aromatic carbocycles. The normalized spacial score (nSPS) is 10.3. The van der Waals surface area contributed by atoms with E-state index in [-0.39, 0.29) is 22.7 Å². The van der Waals surface area contributed by atoms with Crippen LogP contribution in [0.5, 0.6) is 0 Å². The summed E-state index contributed by atoms with van der Waals surface area (Å²) in [5.41, 5.74) is 0.617. The number of anilines is 1. The summed E-state index contributed by atoms with van der Waals surface area (Å²) in [6, 6.07) is 7.30. The highest BCUT2D eigenvalue weighted by Gasteiger charge is 2.09. The Balaban J connectivity index is 2.18. The Kier molecular flexibility index (Phi) is 4.20. The molecule has 0 saturated carbocycles. The lowest BCUT2D eigenvalue weighted by Crippen LogP contribution is -2.05. The highest BCUT2D eigenvalue weighted by Crippen LogP contribution is 2.23. The SMILES string of the molecule is O=C(O)c1ccc(F)c(CNc2ccc(F)cc2Cl)c1. The fraction of sp³-hybridized carbons (Fsp3) is 0.0714. The van der Waals surface area contributed by atoms with Gasteiger partial charge < -0.3 is 10.4 Å². The predicted molar refractivity (Wildman–Crippen MR) is 72.1 cm³/mol. The number of nitrogens with one attached hydrogen (secondary N) is 1. The van der Waals surface area contributed by atoms with Crippen LogP contribution in [0, 0.1) is 11.6 Å². The fourth-order valence-electron chi connectivity index (χ4n) is 1.67. The number of halogens is 3. The molecule has 0 spiro atoms. The molecule has 0 atom stereocenters. The van der Waals surface area contributed by atoms with Gasteiger partial charge in [-0.1, -0.05) is 11.6 Å². The molecule has 0 heterocycles.